The van der Waals surface area contributed by atoms with Crippen LogP contribution in [0.3, 0.4) is 0 Å². The van der Waals surface area contributed by atoms with Gasteiger partial charge in [0.2, 0.25) is 16.9 Å². The molecule has 11 heteroatoms. The number of nitrogen functional groups attached to an aromatic ring is 1. The lowest BCUT2D eigenvalue weighted by atomic mass is 9.98. The zero-order chi connectivity index (χ0) is 21.5. The first-order chi connectivity index (χ1) is 14.2. The van der Waals surface area contributed by atoms with Crippen molar-refractivity contribution < 1.29 is 21.9 Å². The van der Waals surface area contributed by atoms with Gasteiger partial charge in [0.05, 0.1) is 12.7 Å². The Labute approximate surface area is 171 Å². The van der Waals surface area contributed by atoms with Gasteiger partial charge in [-0.2, -0.15) is 14.5 Å². The molecule has 0 aliphatic heterocycles. The molecule has 0 radical (unpaired) electrons. The standard InChI is InChI=1S/C19H19F2N5O3S/c20-15-10-26(25-19(15)30(23,27)28)6-7-29-17-9-12(8-16(21)24-17)14-5-4-11-2-1-3-13(11)18(14)22/h4-5,8-10H,1-3,6-7,22H2,(H2,23,27,28). The highest BCUT2D eigenvalue weighted by Crippen LogP contribution is 2.36. The number of nitrogens with zero attached hydrogens (tertiary/aromatic N) is 3. The summed E-state index contributed by atoms with van der Waals surface area (Å²) in [5.41, 5.74) is 10.5. The van der Waals surface area contributed by atoms with Crippen molar-refractivity contribution >= 4 is 15.7 Å². The molecule has 30 heavy (non-hydrogen) atoms. The lowest BCUT2D eigenvalue weighted by Crippen LogP contribution is -2.15. The summed E-state index contributed by atoms with van der Waals surface area (Å²) in [7, 11) is -4.26. The molecule has 0 saturated carbocycles. The van der Waals surface area contributed by atoms with Gasteiger partial charge >= 0.3 is 0 Å². The molecule has 3 aromatic rings. The Morgan fingerprint density at radius 3 is 2.73 bits per heavy atom. The van der Waals surface area contributed by atoms with E-state index in [0.717, 1.165) is 35.7 Å². The van der Waals surface area contributed by atoms with Gasteiger partial charge in [0, 0.05) is 23.4 Å². The molecule has 2 heterocycles. The summed E-state index contributed by atoms with van der Waals surface area (Å²) in [6.07, 6.45) is 3.81. The molecule has 0 spiro atoms. The zero-order valence-corrected chi connectivity index (χ0v) is 16.6. The molecule has 0 amide bonds. The predicted molar refractivity (Wildman–Crippen MR) is 105 cm³/mol. The van der Waals surface area contributed by atoms with Gasteiger partial charge < -0.3 is 10.5 Å². The van der Waals surface area contributed by atoms with E-state index in [0.29, 0.717) is 16.8 Å². The summed E-state index contributed by atoms with van der Waals surface area (Å²) >= 11 is 0. The fraction of sp³-hybridized carbons (Fsp3) is 0.263. The minimum atomic E-state index is -4.26. The van der Waals surface area contributed by atoms with E-state index >= 15 is 0 Å². The summed E-state index contributed by atoms with van der Waals surface area (Å²) in [5, 5.41) is 7.62. The summed E-state index contributed by atoms with van der Waals surface area (Å²) in [4.78, 5) is 3.71. The molecule has 8 nitrogen and oxygen atoms in total. The maximum Gasteiger partial charge on any atom is 0.260 e. The first-order valence-electron chi connectivity index (χ1n) is 9.19. The van der Waals surface area contributed by atoms with Crippen LogP contribution in [0.2, 0.25) is 0 Å². The monoisotopic (exact) mass is 435 g/mol. The van der Waals surface area contributed by atoms with Crippen LogP contribution in [-0.4, -0.2) is 29.8 Å². The third-order valence-electron chi connectivity index (χ3n) is 4.93. The van der Waals surface area contributed by atoms with E-state index in [1.165, 1.54) is 11.6 Å². The van der Waals surface area contributed by atoms with Gasteiger partial charge in [0.25, 0.3) is 10.0 Å². The Hall–Kier alpha value is -3.05. The molecule has 1 aliphatic carbocycles. The van der Waals surface area contributed by atoms with Crippen LogP contribution in [0.15, 0.2) is 35.5 Å². The van der Waals surface area contributed by atoms with Gasteiger partial charge in [0.15, 0.2) is 5.82 Å². The van der Waals surface area contributed by atoms with E-state index < -0.39 is 26.8 Å². The smallest absolute Gasteiger partial charge is 0.260 e. The molecule has 0 saturated heterocycles. The maximum absolute atomic E-state index is 14.1. The number of anilines is 1. The topological polar surface area (TPSA) is 126 Å². The number of halogens is 2. The number of aromatic nitrogens is 3. The quantitative estimate of drug-likeness (QED) is 0.451. The summed E-state index contributed by atoms with van der Waals surface area (Å²) in [6.45, 7) is -0.0539. The number of rotatable bonds is 6. The fourth-order valence-electron chi connectivity index (χ4n) is 3.58. The second-order valence-electron chi connectivity index (χ2n) is 6.97. The highest BCUT2D eigenvalue weighted by atomic mass is 32.2. The van der Waals surface area contributed by atoms with Crippen LogP contribution in [0, 0.1) is 11.8 Å². The van der Waals surface area contributed by atoms with Gasteiger partial charge in [-0.3, -0.25) is 4.68 Å². The van der Waals surface area contributed by atoms with Crippen LogP contribution in [0.4, 0.5) is 14.5 Å². The summed E-state index contributed by atoms with van der Waals surface area (Å²) in [5.74, 6) is -1.77. The van der Waals surface area contributed by atoms with Crippen molar-refractivity contribution in [3.05, 3.63) is 53.4 Å². The molecule has 1 aromatic carbocycles. The number of pyridine rings is 1. The van der Waals surface area contributed by atoms with Crippen molar-refractivity contribution in [1.82, 2.24) is 14.8 Å². The zero-order valence-electron chi connectivity index (χ0n) is 15.8. The van der Waals surface area contributed by atoms with Crippen LogP contribution in [0.5, 0.6) is 5.88 Å². The molecular formula is C19H19F2N5O3S. The summed E-state index contributed by atoms with van der Waals surface area (Å²) in [6, 6.07) is 6.71. The van der Waals surface area contributed by atoms with Gasteiger partial charge in [-0.25, -0.2) is 17.9 Å². The molecule has 0 fully saturated rings. The molecule has 0 atom stereocenters. The highest BCUT2D eigenvalue weighted by molar-refractivity contribution is 7.89. The van der Waals surface area contributed by atoms with E-state index in [1.54, 1.807) is 6.07 Å². The Morgan fingerprint density at radius 1 is 1.20 bits per heavy atom. The second-order valence-corrected chi connectivity index (χ2v) is 8.45. The van der Waals surface area contributed by atoms with Gasteiger partial charge in [-0.15, -0.1) is 0 Å². The average molecular weight is 435 g/mol. The van der Waals surface area contributed by atoms with Gasteiger partial charge in [0.1, 0.15) is 6.61 Å². The normalized spacial score (nSPS) is 13.4. The maximum atomic E-state index is 14.1. The lowest BCUT2D eigenvalue weighted by Gasteiger charge is -2.12. The number of sulfonamides is 1. The predicted octanol–water partition coefficient (Wildman–Crippen LogP) is 2.02. The van der Waals surface area contributed by atoms with Crippen molar-refractivity contribution in [3.8, 4) is 17.0 Å². The number of ether oxygens (including phenoxy) is 1. The minimum absolute atomic E-state index is 0.000943. The molecule has 2 aromatic heterocycles. The Balaban J connectivity index is 1.51. The van der Waals surface area contributed by atoms with Crippen LogP contribution in [0.1, 0.15) is 17.5 Å². The number of primary sulfonamides is 1. The molecule has 158 valence electrons. The SMILES string of the molecule is Nc1c(-c2cc(F)nc(OCCn3cc(F)c(S(N)(=O)=O)n3)c2)ccc2c1CCC2. The number of fused-ring (bicyclic) bond motifs is 1. The van der Waals surface area contributed by atoms with Crippen LogP contribution in [0.25, 0.3) is 11.1 Å². The number of hydrogen-bond acceptors (Lipinski definition) is 6. The molecule has 0 unspecified atom stereocenters. The largest absolute Gasteiger partial charge is 0.476 e. The van der Waals surface area contributed by atoms with Crippen molar-refractivity contribution in [2.24, 2.45) is 5.14 Å². The third-order valence-corrected chi connectivity index (χ3v) is 5.75. The highest BCUT2D eigenvalue weighted by Gasteiger charge is 2.20. The Morgan fingerprint density at radius 2 is 2.00 bits per heavy atom. The number of nitrogens with two attached hydrogens (primary N) is 2. The van der Waals surface area contributed by atoms with Crippen molar-refractivity contribution in [2.75, 3.05) is 12.3 Å². The minimum Gasteiger partial charge on any atom is -0.476 e. The Kier molecular flexibility index (Phi) is 5.16. The average Bonchev–Trinajstić information content (AvgIpc) is 3.28. The fourth-order valence-corrected chi connectivity index (χ4v) is 4.12. The van der Waals surface area contributed by atoms with Crippen molar-refractivity contribution in [1.29, 1.82) is 0 Å². The molecule has 4 N–H and O–H groups in total. The Bertz CT molecular complexity index is 1230. The van der Waals surface area contributed by atoms with E-state index in [1.807, 2.05) is 12.1 Å². The number of hydrogen-bond donors (Lipinski definition) is 2. The van der Waals surface area contributed by atoms with E-state index in [4.69, 9.17) is 15.6 Å². The molecular weight excluding hydrogens is 416 g/mol. The van der Waals surface area contributed by atoms with Crippen molar-refractivity contribution in [3.63, 3.8) is 0 Å². The van der Waals surface area contributed by atoms with Crippen LogP contribution in [-0.2, 0) is 29.4 Å². The second kappa shape index (κ2) is 7.65. The first-order valence-corrected chi connectivity index (χ1v) is 10.7. The van der Waals surface area contributed by atoms with Crippen LogP contribution < -0.4 is 15.6 Å². The van der Waals surface area contributed by atoms with E-state index in [-0.39, 0.29) is 19.0 Å². The van der Waals surface area contributed by atoms with Crippen LogP contribution >= 0.6 is 0 Å². The van der Waals surface area contributed by atoms with E-state index in [2.05, 4.69) is 10.1 Å². The lowest BCUT2D eigenvalue weighted by molar-refractivity contribution is 0.276. The number of aryl methyl sites for hydroxylation is 1. The molecule has 1 aliphatic rings. The third kappa shape index (κ3) is 3.98. The number of benzene rings is 1. The van der Waals surface area contributed by atoms with Crippen molar-refractivity contribution in [2.45, 2.75) is 30.8 Å². The molecule has 4 rings (SSSR count). The van der Waals surface area contributed by atoms with E-state index in [9.17, 15) is 17.2 Å². The van der Waals surface area contributed by atoms with Gasteiger partial charge in [-0.05, 0) is 36.0 Å². The first kappa shape index (κ1) is 20.2. The van der Waals surface area contributed by atoms with Gasteiger partial charge in [-0.1, -0.05) is 12.1 Å². The molecule has 0 bridgehead atoms. The summed E-state index contributed by atoms with van der Waals surface area (Å²) < 4.78 is 56.7.